The van der Waals surface area contributed by atoms with Crippen LogP contribution in [0.1, 0.15) is 32.1 Å². The maximum absolute atomic E-state index is 12.9. The van der Waals surface area contributed by atoms with E-state index in [4.69, 9.17) is 33.1 Å². The molecule has 0 spiro atoms. The van der Waals surface area contributed by atoms with Crippen LogP contribution in [0.5, 0.6) is 0 Å². The summed E-state index contributed by atoms with van der Waals surface area (Å²) in [5.41, 5.74) is 21.3. The number of nitrogens with one attached hydrogen (secondary N) is 3. The van der Waals surface area contributed by atoms with Crippen LogP contribution in [-0.2, 0) is 28.8 Å². The molecule has 0 aliphatic carbocycles. The highest BCUT2D eigenvalue weighted by Gasteiger charge is 2.30. The van der Waals surface area contributed by atoms with Gasteiger partial charge in [0.25, 0.3) is 0 Å². The van der Waals surface area contributed by atoms with Crippen molar-refractivity contribution in [3.8, 4) is 0 Å². The lowest BCUT2D eigenvalue weighted by Crippen LogP contribution is -2.58. The fourth-order valence-corrected chi connectivity index (χ4v) is 2.85. The molecule has 35 heavy (non-hydrogen) atoms. The minimum absolute atomic E-state index is 0.0285. The quantitative estimate of drug-likeness (QED) is 0.0377. The van der Waals surface area contributed by atoms with Gasteiger partial charge in [-0.25, -0.2) is 4.79 Å². The Morgan fingerprint density at radius 2 is 1.37 bits per heavy atom. The number of nitrogens with two attached hydrogens (primary N) is 4. The number of rotatable bonds is 17. The molecule has 0 heterocycles. The Labute approximate surface area is 206 Å². The van der Waals surface area contributed by atoms with Gasteiger partial charge in [0, 0.05) is 18.7 Å². The Morgan fingerprint density at radius 1 is 0.829 bits per heavy atom. The molecule has 4 unspecified atom stereocenters. The Balaban J connectivity index is 5.54. The molecule has 0 aliphatic rings. The number of carbonyl (C=O) groups excluding carboxylic acids is 4. The summed E-state index contributed by atoms with van der Waals surface area (Å²) in [6.45, 7) is 0.0977. The van der Waals surface area contributed by atoms with Crippen LogP contribution >= 0.6 is 12.6 Å². The van der Waals surface area contributed by atoms with E-state index in [0.717, 1.165) is 0 Å². The van der Waals surface area contributed by atoms with Crippen molar-refractivity contribution in [1.29, 1.82) is 0 Å². The Bertz CT molecular complexity index is 820. The van der Waals surface area contributed by atoms with Crippen molar-refractivity contribution >= 4 is 54.2 Å². The van der Waals surface area contributed by atoms with Gasteiger partial charge in [0.15, 0.2) is 5.96 Å². The summed E-state index contributed by atoms with van der Waals surface area (Å²) in [6, 6.07) is -5.48. The first-order valence-electron chi connectivity index (χ1n) is 10.3. The average Bonchev–Trinajstić information content (AvgIpc) is 2.75. The number of nitrogens with zero attached hydrogens (tertiary/aromatic N) is 1. The van der Waals surface area contributed by atoms with Crippen molar-refractivity contribution in [2.45, 2.75) is 56.3 Å². The highest BCUT2D eigenvalue weighted by molar-refractivity contribution is 7.80. The molecule has 0 bridgehead atoms. The van der Waals surface area contributed by atoms with Crippen LogP contribution in [0.15, 0.2) is 4.99 Å². The predicted molar refractivity (Wildman–Crippen MR) is 126 cm³/mol. The lowest BCUT2D eigenvalue weighted by Gasteiger charge is -2.24. The first kappa shape index (κ1) is 31.4. The molecule has 0 saturated heterocycles. The van der Waals surface area contributed by atoms with Crippen molar-refractivity contribution in [3.63, 3.8) is 0 Å². The molecule has 0 aromatic rings. The van der Waals surface area contributed by atoms with Crippen LogP contribution in [0.25, 0.3) is 0 Å². The third-order valence-electron chi connectivity index (χ3n) is 4.42. The van der Waals surface area contributed by atoms with Gasteiger partial charge in [0.05, 0.1) is 12.5 Å². The number of guanidine groups is 1. The van der Waals surface area contributed by atoms with Gasteiger partial charge < -0.3 is 49.1 Å². The van der Waals surface area contributed by atoms with E-state index in [2.05, 4.69) is 33.6 Å². The molecular formula is C18H32N8O8S. The van der Waals surface area contributed by atoms with E-state index < -0.39 is 66.2 Å². The molecule has 0 saturated carbocycles. The number of hydrogen-bond donors (Lipinski definition) is 10. The number of carbonyl (C=O) groups is 6. The summed E-state index contributed by atoms with van der Waals surface area (Å²) in [5.74, 6) is -6.73. The monoisotopic (exact) mass is 520 g/mol. The van der Waals surface area contributed by atoms with Crippen LogP contribution in [-0.4, -0.2) is 88.2 Å². The maximum Gasteiger partial charge on any atom is 0.327 e. The summed E-state index contributed by atoms with van der Waals surface area (Å²) in [4.78, 5) is 74.7. The van der Waals surface area contributed by atoms with Crippen LogP contribution in [0.2, 0.25) is 0 Å². The number of amides is 4. The topological polar surface area (TPSA) is 295 Å². The molecule has 4 atom stereocenters. The highest BCUT2D eigenvalue weighted by atomic mass is 32.1. The zero-order valence-corrected chi connectivity index (χ0v) is 19.7. The first-order chi connectivity index (χ1) is 16.3. The summed E-state index contributed by atoms with van der Waals surface area (Å²) in [5, 5.41) is 24.6. The minimum atomic E-state index is -1.56. The lowest BCUT2D eigenvalue weighted by atomic mass is 10.1. The SMILES string of the molecule is NC(=O)CC(NC(=O)C(CCCN=C(N)N)NC(=O)C(N)CCC(=O)O)C(=O)NC(CS)C(=O)O. The molecule has 0 fully saturated rings. The Morgan fingerprint density at radius 3 is 1.86 bits per heavy atom. The molecular weight excluding hydrogens is 488 g/mol. The number of carboxylic acid groups (broad SMARTS) is 2. The number of carboxylic acids is 2. The zero-order valence-electron chi connectivity index (χ0n) is 18.8. The fourth-order valence-electron chi connectivity index (χ4n) is 2.60. The van der Waals surface area contributed by atoms with Crippen LogP contribution in [0.3, 0.4) is 0 Å². The van der Waals surface area contributed by atoms with E-state index in [0.29, 0.717) is 0 Å². The first-order valence-corrected chi connectivity index (χ1v) is 11.0. The predicted octanol–water partition coefficient (Wildman–Crippen LogP) is -4.42. The second-order valence-electron chi connectivity index (χ2n) is 7.36. The number of primary amides is 1. The molecule has 0 aliphatic heterocycles. The van der Waals surface area contributed by atoms with E-state index in [1.165, 1.54) is 0 Å². The maximum atomic E-state index is 12.9. The zero-order chi connectivity index (χ0) is 27.1. The number of thiol groups is 1. The lowest BCUT2D eigenvalue weighted by molar-refractivity contribution is -0.142. The normalized spacial score (nSPS) is 13.9. The largest absolute Gasteiger partial charge is 0.481 e. The van der Waals surface area contributed by atoms with E-state index in [1.54, 1.807) is 0 Å². The fraction of sp³-hybridized carbons (Fsp3) is 0.611. The standard InChI is InChI=1S/C18H32N8O8S/c19-8(3-4-13(28)29)14(30)24-9(2-1-5-23-18(21)22)15(31)25-10(6-12(20)27)16(32)26-11(7-35)17(33)34/h8-11,35H,1-7,19H2,(H2,20,27)(H,24,30)(H,25,31)(H,26,32)(H,28,29)(H,33,34)(H4,21,22,23). The van der Waals surface area contributed by atoms with E-state index in [9.17, 15) is 28.8 Å². The Hall–Kier alpha value is -3.60. The van der Waals surface area contributed by atoms with Gasteiger partial charge in [-0.15, -0.1) is 0 Å². The second kappa shape index (κ2) is 16.1. The molecule has 0 aromatic heterocycles. The summed E-state index contributed by atoms with van der Waals surface area (Å²) < 4.78 is 0. The summed E-state index contributed by atoms with van der Waals surface area (Å²) in [6.07, 6.45) is -1.07. The van der Waals surface area contributed by atoms with Gasteiger partial charge >= 0.3 is 11.9 Å². The molecule has 0 rings (SSSR count). The van der Waals surface area contributed by atoms with Gasteiger partial charge in [-0.2, -0.15) is 12.6 Å². The molecule has 0 radical (unpaired) electrons. The van der Waals surface area contributed by atoms with Gasteiger partial charge in [-0.3, -0.25) is 29.0 Å². The van der Waals surface area contributed by atoms with Gasteiger partial charge in [-0.1, -0.05) is 0 Å². The van der Waals surface area contributed by atoms with Crippen molar-refractivity contribution in [1.82, 2.24) is 16.0 Å². The third-order valence-corrected chi connectivity index (χ3v) is 4.78. The van der Waals surface area contributed by atoms with Crippen LogP contribution < -0.4 is 38.9 Å². The highest BCUT2D eigenvalue weighted by Crippen LogP contribution is 2.04. The molecule has 198 valence electrons. The van der Waals surface area contributed by atoms with Crippen molar-refractivity contribution < 1.29 is 39.0 Å². The van der Waals surface area contributed by atoms with Gasteiger partial charge in [0.2, 0.25) is 23.6 Å². The molecule has 13 N–H and O–H groups in total. The van der Waals surface area contributed by atoms with Gasteiger partial charge in [-0.05, 0) is 19.3 Å². The van der Waals surface area contributed by atoms with E-state index >= 15 is 0 Å². The number of aliphatic carboxylic acids is 2. The number of aliphatic imine (C=N–C) groups is 1. The summed E-state index contributed by atoms with van der Waals surface area (Å²) >= 11 is 3.82. The van der Waals surface area contributed by atoms with Crippen molar-refractivity contribution in [3.05, 3.63) is 0 Å². The van der Waals surface area contributed by atoms with E-state index in [1.807, 2.05) is 0 Å². The average molecular weight is 521 g/mol. The Kier molecular flexibility index (Phi) is 14.4. The smallest absolute Gasteiger partial charge is 0.327 e. The number of hydrogen-bond acceptors (Lipinski definition) is 9. The van der Waals surface area contributed by atoms with E-state index in [-0.39, 0.29) is 43.9 Å². The van der Waals surface area contributed by atoms with Crippen LogP contribution in [0, 0.1) is 0 Å². The minimum Gasteiger partial charge on any atom is -0.481 e. The van der Waals surface area contributed by atoms with Crippen molar-refractivity contribution in [2.75, 3.05) is 12.3 Å². The third kappa shape index (κ3) is 13.6. The summed E-state index contributed by atoms with van der Waals surface area (Å²) in [7, 11) is 0. The molecule has 0 aromatic carbocycles. The molecule has 4 amide bonds. The second-order valence-corrected chi connectivity index (χ2v) is 7.73. The molecule has 17 heteroatoms. The van der Waals surface area contributed by atoms with Gasteiger partial charge in [0.1, 0.15) is 18.1 Å². The molecule has 16 nitrogen and oxygen atoms in total. The van der Waals surface area contributed by atoms with Crippen LogP contribution in [0.4, 0.5) is 0 Å². The van der Waals surface area contributed by atoms with Crippen molar-refractivity contribution in [2.24, 2.45) is 27.9 Å².